The van der Waals surface area contributed by atoms with E-state index in [4.69, 9.17) is 9.47 Å². The molecule has 0 saturated heterocycles. The summed E-state index contributed by atoms with van der Waals surface area (Å²) in [5.74, 6) is 1.38. The minimum atomic E-state index is -0.529. The number of rotatable bonds is 6. The van der Waals surface area contributed by atoms with Crippen molar-refractivity contribution in [2.75, 3.05) is 13.2 Å². The van der Waals surface area contributed by atoms with E-state index in [-0.39, 0.29) is 5.69 Å². The van der Waals surface area contributed by atoms with E-state index in [1.807, 2.05) is 68.4 Å². The quantitative estimate of drug-likeness (QED) is 0.722. The molecule has 6 nitrogen and oxygen atoms in total. The highest BCUT2D eigenvalue weighted by molar-refractivity contribution is 5.79. The molecule has 136 valence electrons. The first-order valence-corrected chi connectivity index (χ1v) is 8.67. The monoisotopic (exact) mass is 361 g/mol. The van der Waals surface area contributed by atoms with E-state index in [1.54, 1.807) is 0 Å². The van der Waals surface area contributed by atoms with E-state index in [9.17, 15) is 10.1 Å². The van der Waals surface area contributed by atoms with Gasteiger partial charge in [0.15, 0.2) is 0 Å². The average Bonchev–Trinajstić information content (AvgIpc) is 2.69. The van der Waals surface area contributed by atoms with Crippen LogP contribution < -0.4 is 15.0 Å². The Morgan fingerprint density at radius 1 is 1.00 bits per heavy atom. The van der Waals surface area contributed by atoms with Crippen molar-refractivity contribution in [3.8, 4) is 40.1 Å². The molecule has 1 N–H and O–H groups in total. The summed E-state index contributed by atoms with van der Waals surface area (Å²) in [6, 6.07) is 16.6. The molecule has 3 aromatic rings. The highest BCUT2D eigenvalue weighted by Gasteiger charge is 2.15. The highest BCUT2D eigenvalue weighted by Crippen LogP contribution is 2.31. The van der Waals surface area contributed by atoms with Crippen molar-refractivity contribution in [3.63, 3.8) is 0 Å². The first-order valence-electron chi connectivity index (χ1n) is 8.67. The molecule has 1 heterocycles. The molecule has 0 saturated carbocycles. The van der Waals surface area contributed by atoms with Gasteiger partial charge in [-0.3, -0.25) is 4.79 Å². The Hall–Kier alpha value is -3.59. The van der Waals surface area contributed by atoms with Gasteiger partial charge in [0, 0.05) is 11.1 Å². The fourth-order valence-corrected chi connectivity index (χ4v) is 2.75. The van der Waals surface area contributed by atoms with Gasteiger partial charge in [-0.15, -0.1) is 0 Å². The molecule has 3 rings (SSSR count). The molecule has 6 heteroatoms. The maximum Gasteiger partial charge on any atom is 0.285 e. The van der Waals surface area contributed by atoms with Crippen LogP contribution in [0.2, 0.25) is 0 Å². The van der Waals surface area contributed by atoms with E-state index >= 15 is 0 Å². The van der Waals surface area contributed by atoms with E-state index < -0.39 is 5.56 Å². The first-order chi connectivity index (χ1) is 13.2. The van der Waals surface area contributed by atoms with E-state index in [1.165, 1.54) is 0 Å². The van der Waals surface area contributed by atoms with Crippen LogP contribution in [-0.2, 0) is 0 Å². The lowest BCUT2D eigenvalue weighted by molar-refractivity contribution is 0.340. The third kappa shape index (κ3) is 3.98. The second-order valence-electron chi connectivity index (χ2n) is 5.67. The molecular formula is C21H19N3O3. The van der Waals surface area contributed by atoms with Gasteiger partial charge in [0.05, 0.1) is 24.6 Å². The number of hydrogen-bond acceptors (Lipinski definition) is 5. The Labute approximate surface area is 157 Å². The van der Waals surface area contributed by atoms with Crippen molar-refractivity contribution in [3.05, 3.63) is 64.6 Å². The maximum atomic E-state index is 12.2. The lowest BCUT2D eigenvalue weighted by Crippen LogP contribution is -2.15. The molecule has 0 amide bonds. The van der Waals surface area contributed by atoms with Crippen molar-refractivity contribution in [2.24, 2.45) is 0 Å². The number of aromatic nitrogens is 2. The minimum Gasteiger partial charge on any atom is -0.494 e. The van der Waals surface area contributed by atoms with Gasteiger partial charge in [-0.05, 0) is 38.1 Å². The number of nitriles is 1. The lowest BCUT2D eigenvalue weighted by atomic mass is 10.0. The number of nitrogens with one attached hydrogen (secondary N) is 1. The van der Waals surface area contributed by atoms with E-state index in [0.29, 0.717) is 36.1 Å². The van der Waals surface area contributed by atoms with Crippen molar-refractivity contribution in [1.29, 1.82) is 5.26 Å². The largest absolute Gasteiger partial charge is 0.494 e. The fraction of sp³-hybridized carbons (Fsp3) is 0.190. The summed E-state index contributed by atoms with van der Waals surface area (Å²) in [5, 5.41) is 9.23. The van der Waals surface area contributed by atoms with Gasteiger partial charge in [0.25, 0.3) is 5.56 Å². The van der Waals surface area contributed by atoms with Crippen molar-refractivity contribution in [1.82, 2.24) is 9.97 Å². The van der Waals surface area contributed by atoms with Crippen LogP contribution in [0.5, 0.6) is 11.5 Å². The van der Waals surface area contributed by atoms with Crippen molar-refractivity contribution in [2.45, 2.75) is 13.8 Å². The molecule has 0 bridgehead atoms. The fourth-order valence-electron chi connectivity index (χ4n) is 2.75. The third-order valence-electron chi connectivity index (χ3n) is 3.87. The normalized spacial score (nSPS) is 10.3. The zero-order valence-corrected chi connectivity index (χ0v) is 15.2. The second-order valence-corrected chi connectivity index (χ2v) is 5.67. The minimum absolute atomic E-state index is 0.184. The Morgan fingerprint density at radius 2 is 1.59 bits per heavy atom. The molecule has 0 aliphatic heterocycles. The standard InChI is InChI=1S/C21H19N3O3/c1-3-26-16-9-5-7-14(11-16)19-20(24-21(25)18(13-22)23-19)15-8-6-10-17(12-15)27-4-2/h5-12H,3-4H2,1-2H3,(H,24,25). The molecule has 0 radical (unpaired) electrons. The Balaban J connectivity index is 2.21. The third-order valence-corrected chi connectivity index (χ3v) is 3.87. The van der Waals surface area contributed by atoms with Crippen LogP contribution in [-0.4, -0.2) is 23.2 Å². The predicted molar refractivity (Wildman–Crippen MR) is 103 cm³/mol. The van der Waals surface area contributed by atoms with Gasteiger partial charge in [0.2, 0.25) is 5.69 Å². The zero-order valence-electron chi connectivity index (χ0n) is 15.2. The summed E-state index contributed by atoms with van der Waals surface area (Å²) in [6.07, 6.45) is 0. The molecule has 27 heavy (non-hydrogen) atoms. The summed E-state index contributed by atoms with van der Waals surface area (Å²) >= 11 is 0. The van der Waals surface area contributed by atoms with Crippen molar-refractivity contribution < 1.29 is 9.47 Å². The average molecular weight is 361 g/mol. The van der Waals surface area contributed by atoms with Gasteiger partial charge in [-0.1, -0.05) is 24.3 Å². The molecular weight excluding hydrogens is 342 g/mol. The number of benzene rings is 2. The molecule has 0 aliphatic rings. The number of ether oxygens (including phenoxy) is 2. The topological polar surface area (TPSA) is 88.0 Å². The molecule has 0 spiro atoms. The molecule has 0 unspecified atom stereocenters. The van der Waals surface area contributed by atoms with E-state index in [0.717, 1.165) is 11.1 Å². The Morgan fingerprint density at radius 3 is 2.19 bits per heavy atom. The van der Waals surface area contributed by atoms with Crippen LogP contribution in [0.4, 0.5) is 0 Å². The summed E-state index contributed by atoms with van der Waals surface area (Å²) < 4.78 is 11.1. The Bertz CT molecular complexity index is 1050. The number of aromatic amines is 1. The van der Waals surface area contributed by atoms with Gasteiger partial charge in [0.1, 0.15) is 17.6 Å². The van der Waals surface area contributed by atoms with Crippen LogP contribution in [0.3, 0.4) is 0 Å². The van der Waals surface area contributed by atoms with Crippen molar-refractivity contribution >= 4 is 0 Å². The summed E-state index contributed by atoms with van der Waals surface area (Å²) in [4.78, 5) is 19.3. The summed E-state index contributed by atoms with van der Waals surface area (Å²) in [7, 11) is 0. The van der Waals surface area contributed by atoms with Crippen LogP contribution in [0.1, 0.15) is 19.5 Å². The molecule has 0 fully saturated rings. The SMILES string of the molecule is CCOc1cccc(-c2nc(C#N)c(=O)[nH]c2-c2cccc(OCC)c2)c1. The zero-order chi connectivity index (χ0) is 19.2. The van der Waals surface area contributed by atoms with Gasteiger partial charge >= 0.3 is 0 Å². The van der Waals surface area contributed by atoms with E-state index in [2.05, 4.69) is 9.97 Å². The molecule has 0 aliphatic carbocycles. The molecule has 2 aromatic carbocycles. The van der Waals surface area contributed by atoms with Crippen LogP contribution >= 0.6 is 0 Å². The number of H-pyrrole nitrogens is 1. The first kappa shape index (κ1) is 18.2. The maximum absolute atomic E-state index is 12.2. The lowest BCUT2D eigenvalue weighted by Gasteiger charge is -2.12. The molecule has 0 atom stereocenters. The van der Waals surface area contributed by atoms with Crippen LogP contribution in [0.25, 0.3) is 22.5 Å². The van der Waals surface area contributed by atoms with Gasteiger partial charge in [-0.25, -0.2) is 4.98 Å². The number of hydrogen-bond donors (Lipinski definition) is 1. The summed E-state index contributed by atoms with van der Waals surface area (Å²) in [5.41, 5.74) is 1.79. The second kappa shape index (κ2) is 8.19. The Kier molecular flexibility index (Phi) is 5.53. The van der Waals surface area contributed by atoms with Crippen LogP contribution in [0, 0.1) is 11.3 Å². The van der Waals surface area contributed by atoms with Gasteiger partial charge in [-0.2, -0.15) is 5.26 Å². The molecule has 1 aromatic heterocycles. The van der Waals surface area contributed by atoms with Crippen LogP contribution in [0.15, 0.2) is 53.3 Å². The summed E-state index contributed by atoms with van der Waals surface area (Å²) in [6.45, 7) is 4.88. The van der Waals surface area contributed by atoms with Gasteiger partial charge < -0.3 is 14.5 Å². The number of nitrogens with zero attached hydrogens (tertiary/aromatic N) is 2. The highest BCUT2D eigenvalue weighted by atomic mass is 16.5. The smallest absolute Gasteiger partial charge is 0.285 e. The predicted octanol–water partition coefficient (Wildman–Crippen LogP) is 3.77.